The van der Waals surface area contributed by atoms with Gasteiger partial charge in [0, 0.05) is 5.69 Å². The third kappa shape index (κ3) is 3.93. The Morgan fingerprint density at radius 1 is 1.47 bits per heavy atom. The second-order valence-electron chi connectivity index (χ2n) is 3.43. The Hall–Kier alpha value is -1.79. The number of primary amides is 1. The van der Waals surface area contributed by atoms with Gasteiger partial charge in [-0.3, -0.25) is 9.59 Å². The lowest BCUT2D eigenvalue weighted by molar-refractivity contribution is -0.123. The van der Waals surface area contributed by atoms with Crippen LogP contribution in [0.4, 0.5) is 5.69 Å². The summed E-state index contributed by atoms with van der Waals surface area (Å²) >= 11 is 5.65. The van der Waals surface area contributed by atoms with Gasteiger partial charge in [-0.05, 0) is 18.2 Å². The van der Waals surface area contributed by atoms with Gasteiger partial charge >= 0.3 is 0 Å². The highest BCUT2D eigenvalue weighted by Crippen LogP contribution is 2.26. The van der Waals surface area contributed by atoms with E-state index in [1.165, 1.54) is 18.2 Å². The van der Waals surface area contributed by atoms with E-state index in [0.29, 0.717) is 5.69 Å². The number of benzene rings is 1. The number of aromatic hydroxyl groups is 1. The van der Waals surface area contributed by atoms with Gasteiger partial charge in [0.25, 0.3) is 0 Å². The highest BCUT2D eigenvalue weighted by atomic mass is 35.5. The van der Waals surface area contributed by atoms with E-state index in [-0.39, 0.29) is 17.2 Å². The maximum atomic E-state index is 11.5. The van der Waals surface area contributed by atoms with Gasteiger partial charge in [0.2, 0.25) is 11.8 Å². The van der Waals surface area contributed by atoms with Gasteiger partial charge in [0.15, 0.2) is 0 Å². The standard InChI is InChI=1S/C10H12ClN3O3/c11-6-3-5(1-2-8(6)15)14-10(17)7(12)4-9(13)16/h1-3,7,15H,4,12H2,(H2,13,16)(H,14,17). The molecule has 1 aromatic carbocycles. The molecule has 6 nitrogen and oxygen atoms in total. The number of nitrogens with two attached hydrogens (primary N) is 2. The fraction of sp³-hybridized carbons (Fsp3) is 0.200. The van der Waals surface area contributed by atoms with Gasteiger partial charge in [-0.15, -0.1) is 0 Å². The fourth-order valence-electron chi connectivity index (χ4n) is 1.13. The molecule has 1 rings (SSSR count). The average molecular weight is 258 g/mol. The molecule has 17 heavy (non-hydrogen) atoms. The number of halogens is 1. The summed E-state index contributed by atoms with van der Waals surface area (Å²) in [5.41, 5.74) is 10.7. The molecule has 1 aromatic rings. The van der Waals surface area contributed by atoms with Crippen molar-refractivity contribution in [2.24, 2.45) is 11.5 Å². The Kier molecular flexibility index (Phi) is 4.30. The van der Waals surface area contributed by atoms with Crippen LogP contribution in [0, 0.1) is 0 Å². The minimum atomic E-state index is -1.01. The predicted molar refractivity (Wildman–Crippen MR) is 63.5 cm³/mol. The lowest BCUT2D eigenvalue weighted by Gasteiger charge is -2.10. The Morgan fingerprint density at radius 2 is 2.12 bits per heavy atom. The van der Waals surface area contributed by atoms with E-state index in [4.69, 9.17) is 23.1 Å². The van der Waals surface area contributed by atoms with Crippen LogP contribution in [0.2, 0.25) is 5.02 Å². The fourth-order valence-corrected chi connectivity index (χ4v) is 1.31. The third-order valence-corrected chi connectivity index (χ3v) is 2.28. The molecule has 0 bridgehead atoms. The number of phenolic OH excluding ortho intramolecular Hbond substituents is 1. The summed E-state index contributed by atoms with van der Waals surface area (Å²) in [6.07, 6.45) is -0.238. The third-order valence-electron chi connectivity index (χ3n) is 1.97. The summed E-state index contributed by atoms with van der Waals surface area (Å²) in [6, 6.07) is 3.14. The van der Waals surface area contributed by atoms with E-state index in [0.717, 1.165) is 0 Å². The zero-order chi connectivity index (χ0) is 13.0. The van der Waals surface area contributed by atoms with E-state index in [9.17, 15) is 14.7 Å². The van der Waals surface area contributed by atoms with Crippen molar-refractivity contribution < 1.29 is 14.7 Å². The van der Waals surface area contributed by atoms with Crippen LogP contribution >= 0.6 is 11.6 Å². The van der Waals surface area contributed by atoms with Gasteiger partial charge in [-0.1, -0.05) is 11.6 Å². The Balaban J connectivity index is 2.67. The van der Waals surface area contributed by atoms with Gasteiger partial charge in [0.05, 0.1) is 17.5 Å². The Bertz CT molecular complexity index is 450. The number of hydrogen-bond donors (Lipinski definition) is 4. The second-order valence-corrected chi connectivity index (χ2v) is 3.84. The number of anilines is 1. The van der Waals surface area contributed by atoms with E-state index < -0.39 is 17.9 Å². The van der Waals surface area contributed by atoms with Gasteiger partial charge in [-0.25, -0.2) is 0 Å². The van der Waals surface area contributed by atoms with Gasteiger partial charge < -0.3 is 21.9 Å². The molecule has 1 unspecified atom stereocenters. The number of nitrogens with one attached hydrogen (secondary N) is 1. The Labute approximate surface area is 103 Å². The number of hydrogen-bond acceptors (Lipinski definition) is 4. The molecule has 0 saturated carbocycles. The average Bonchev–Trinajstić information content (AvgIpc) is 2.22. The van der Waals surface area contributed by atoms with Crippen molar-refractivity contribution >= 4 is 29.1 Å². The molecule has 0 aliphatic carbocycles. The first-order valence-electron chi connectivity index (χ1n) is 4.73. The minimum Gasteiger partial charge on any atom is -0.506 e. The summed E-state index contributed by atoms with van der Waals surface area (Å²) in [6.45, 7) is 0. The lowest BCUT2D eigenvalue weighted by Crippen LogP contribution is -2.38. The molecule has 0 heterocycles. The summed E-state index contributed by atoms with van der Waals surface area (Å²) in [5, 5.41) is 11.7. The minimum absolute atomic E-state index is 0.0916. The first-order valence-corrected chi connectivity index (χ1v) is 5.11. The molecular weight excluding hydrogens is 246 g/mol. The first-order chi connectivity index (χ1) is 7.90. The van der Waals surface area contributed by atoms with Crippen molar-refractivity contribution in [3.8, 4) is 5.75 Å². The number of carbonyl (C=O) groups excluding carboxylic acids is 2. The van der Waals surface area contributed by atoms with Crippen LogP contribution in [-0.2, 0) is 9.59 Å². The molecule has 0 aliphatic heterocycles. The highest BCUT2D eigenvalue weighted by Gasteiger charge is 2.16. The van der Waals surface area contributed by atoms with Crippen LogP contribution in [0.3, 0.4) is 0 Å². The summed E-state index contributed by atoms with van der Waals surface area (Å²) in [7, 11) is 0. The normalized spacial score (nSPS) is 11.9. The maximum absolute atomic E-state index is 11.5. The summed E-state index contributed by atoms with van der Waals surface area (Å²) in [4.78, 5) is 22.1. The van der Waals surface area contributed by atoms with Crippen molar-refractivity contribution in [1.82, 2.24) is 0 Å². The molecular formula is C10H12ClN3O3. The number of carbonyl (C=O) groups is 2. The maximum Gasteiger partial charge on any atom is 0.241 e. The van der Waals surface area contributed by atoms with E-state index in [1.807, 2.05) is 0 Å². The smallest absolute Gasteiger partial charge is 0.241 e. The number of phenols is 1. The number of amides is 2. The van der Waals surface area contributed by atoms with Crippen molar-refractivity contribution in [3.63, 3.8) is 0 Å². The van der Waals surface area contributed by atoms with Crippen LogP contribution < -0.4 is 16.8 Å². The molecule has 0 fully saturated rings. The SMILES string of the molecule is NC(=O)CC(N)C(=O)Nc1ccc(O)c(Cl)c1. The van der Waals surface area contributed by atoms with E-state index >= 15 is 0 Å². The quantitative estimate of drug-likeness (QED) is 0.576. The van der Waals surface area contributed by atoms with Crippen molar-refractivity contribution in [2.75, 3.05) is 5.32 Å². The molecule has 92 valence electrons. The van der Waals surface area contributed by atoms with Gasteiger partial charge in [0.1, 0.15) is 5.75 Å². The van der Waals surface area contributed by atoms with Gasteiger partial charge in [-0.2, -0.15) is 0 Å². The first kappa shape index (κ1) is 13.3. The Morgan fingerprint density at radius 3 is 2.65 bits per heavy atom. The molecule has 0 saturated heterocycles. The number of rotatable bonds is 4. The van der Waals surface area contributed by atoms with Crippen LogP contribution in [0.15, 0.2) is 18.2 Å². The van der Waals surface area contributed by atoms with Crippen LogP contribution in [-0.4, -0.2) is 23.0 Å². The van der Waals surface area contributed by atoms with Crippen LogP contribution in [0.5, 0.6) is 5.75 Å². The van der Waals surface area contributed by atoms with Crippen LogP contribution in [0.1, 0.15) is 6.42 Å². The molecule has 1 atom stereocenters. The van der Waals surface area contributed by atoms with Crippen LogP contribution in [0.25, 0.3) is 0 Å². The van der Waals surface area contributed by atoms with Crippen molar-refractivity contribution in [3.05, 3.63) is 23.2 Å². The van der Waals surface area contributed by atoms with Crippen molar-refractivity contribution in [1.29, 1.82) is 0 Å². The summed E-state index contributed by atoms with van der Waals surface area (Å²) < 4.78 is 0. The lowest BCUT2D eigenvalue weighted by atomic mass is 10.2. The monoisotopic (exact) mass is 257 g/mol. The predicted octanol–water partition coefficient (Wildman–Crippen LogP) is 0.187. The largest absolute Gasteiger partial charge is 0.506 e. The van der Waals surface area contributed by atoms with E-state index in [1.54, 1.807) is 0 Å². The molecule has 0 spiro atoms. The van der Waals surface area contributed by atoms with E-state index in [2.05, 4.69) is 5.32 Å². The summed E-state index contributed by atoms with van der Waals surface area (Å²) in [5.74, 6) is -1.30. The molecule has 0 radical (unpaired) electrons. The molecule has 7 heteroatoms. The van der Waals surface area contributed by atoms with Crippen molar-refractivity contribution in [2.45, 2.75) is 12.5 Å². The topological polar surface area (TPSA) is 118 Å². The highest BCUT2D eigenvalue weighted by molar-refractivity contribution is 6.32. The molecule has 0 aliphatic rings. The molecule has 0 aromatic heterocycles. The molecule has 6 N–H and O–H groups in total. The molecule has 2 amide bonds. The second kappa shape index (κ2) is 5.51. The zero-order valence-corrected chi connectivity index (χ0v) is 9.57. The zero-order valence-electron chi connectivity index (χ0n) is 8.81.